The number of amides is 1. The van der Waals surface area contributed by atoms with Gasteiger partial charge in [0, 0.05) is 17.2 Å². The largest absolute Gasteiger partial charge is 0.545 e. The summed E-state index contributed by atoms with van der Waals surface area (Å²) in [5.41, 5.74) is 2.51. The number of carboxylic acid groups (broad SMARTS) is 1. The predicted molar refractivity (Wildman–Crippen MR) is 96.2 cm³/mol. The molecule has 3 rings (SSSR count). The smallest absolute Gasteiger partial charge is 0.247 e. The number of carbonyl (C=O) groups excluding carboxylic acids is 2. The molecule has 1 N–H and O–H groups in total. The highest BCUT2D eigenvalue weighted by Gasteiger charge is 2.30. The van der Waals surface area contributed by atoms with Crippen molar-refractivity contribution in [1.29, 1.82) is 0 Å². The molecule has 0 spiro atoms. The van der Waals surface area contributed by atoms with Gasteiger partial charge in [-0.2, -0.15) is 0 Å². The quantitative estimate of drug-likeness (QED) is 0.760. The minimum atomic E-state index is -1.35. The Balaban J connectivity index is 1.74. The predicted octanol–water partition coefficient (Wildman–Crippen LogP) is -0.191. The average Bonchev–Trinajstić information content (AvgIpc) is 2.68. The third-order valence-electron chi connectivity index (χ3n) is 4.75. The van der Waals surface area contributed by atoms with Crippen molar-refractivity contribution < 1.29 is 19.6 Å². The summed E-state index contributed by atoms with van der Waals surface area (Å²) in [5, 5.41) is 10.5. The number of aliphatic carboxylic acids is 1. The van der Waals surface area contributed by atoms with E-state index in [9.17, 15) is 14.7 Å². The van der Waals surface area contributed by atoms with Gasteiger partial charge < -0.3 is 19.7 Å². The van der Waals surface area contributed by atoms with E-state index in [0.29, 0.717) is 13.1 Å². The van der Waals surface area contributed by atoms with Crippen molar-refractivity contribution >= 4 is 11.9 Å². The van der Waals surface area contributed by atoms with E-state index in [4.69, 9.17) is 0 Å². The lowest BCUT2D eigenvalue weighted by Gasteiger charge is -2.36. The molecule has 0 bridgehead atoms. The van der Waals surface area contributed by atoms with Crippen LogP contribution in [0, 0.1) is 0 Å². The fourth-order valence-corrected chi connectivity index (χ4v) is 3.50. The van der Waals surface area contributed by atoms with E-state index in [1.165, 1.54) is 16.0 Å². The van der Waals surface area contributed by atoms with Crippen molar-refractivity contribution in [3.8, 4) is 0 Å². The average molecular weight is 350 g/mol. The molecular formula is C21H22N2O3. The number of hydrogen-bond acceptors (Lipinski definition) is 3. The SMILES string of the molecule is O=C([O-])C=CC(=O)N1CC[NH+](C(c2ccccc2)c2ccccc2)CC1. The third-order valence-corrected chi connectivity index (χ3v) is 4.75. The molecule has 1 saturated heterocycles. The van der Waals surface area contributed by atoms with Gasteiger partial charge in [0.05, 0.1) is 32.1 Å². The third kappa shape index (κ3) is 4.37. The topological polar surface area (TPSA) is 64.9 Å². The first-order valence-corrected chi connectivity index (χ1v) is 8.77. The minimum absolute atomic E-state index is 0.216. The number of carboxylic acids is 1. The molecule has 2 aromatic carbocycles. The van der Waals surface area contributed by atoms with E-state index in [-0.39, 0.29) is 11.9 Å². The monoisotopic (exact) mass is 350 g/mol. The number of quaternary nitrogens is 1. The van der Waals surface area contributed by atoms with Gasteiger partial charge in [-0.3, -0.25) is 4.79 Å². The minimum Gasteiger partial charge on any atom is -0.545 e. The lowest BCUT2D eigenvalue weighted by molar-refractivity contribution is -0.929. The Kier molecular flexibility index (Phi) is 5.81. The van der Waals surface area contributed by atoms with Gasteiger partial charge in [-0.1, -0.05) is 60.7 Å². The van der Waals surface area contributed by atoms with Crippen LogP contribution in [0.1, 0.15) is 17.2 Å². The van der Waals surface area contributed by atoms with Crippen LogP contribution in [0.4, 0.5) is 0 Å². The van der Waals surface area contributed by atoms with Crippen LogP contribution in [0.15, 0.2) is 72.8 Å². The van der Waals surface area contributed by atoms with Crippen LogP contribution in [-0.4, -0.2) is 43.0 Å². The van der Waals surface area contributed by atoms with Gasteiger partial charge in [0.15, 0.2) is 0 Å². The summed E-state index contributed by atoms with van der Waals surface area (Å²) >= 11 is 0. The molecule has 134 valence electrons. The number of piperazine rings is 1. The molecule has 0 aromatic heterocycles. The summed E-state index contributed by atoms with van der Waals surface area (Å²) in [4.78, 5) is 25.6. The summed E-state index contributed by atoms with van der Waals surface area (Å²) in [5.74, 6) is -1.62. The van der Waals surface area contributed by atoms with Gasteiger partial charge in [0.2, 0.25) is 5.91 Å². The molecule has 26 heavy (non-hydrogen) atoms. The summed E-state index contributed by atoms with van der Waals surface area (Å²) in [6, 6.07) is 21.0. The van der Waals surface area contributed by atoms with Gasteiger partial charge in [0.1, 0.15) is 6.04 Å². The van der Waals surface area contributed by atoms with Crippen LogP contribution in [0.25, 0.3) is 0 Å². The number of rotatable bonds is 5. The van der Waals surface area contributed by atoms with Gasteiger partial charge in [-0.25, -0.2) is 0 Å². The van der Waals surface area contributed by atoms with E-state index in [1.807, 2.05) is 12.1 Å². The van der Waals surface area contributed by atoms with E-state index in [1.54, 1.807) is 4.90 Å². The molecule has 0 radical (unpaired) electrons. The molecule has 5 heteroatoms. The standard InChI is InChI=1S/C21H22N2O3/c24-19(11-12-20(25)26)22-13-15-23(16-14-22)21(17-7-3-1-4-8-17)18-9-5-2-6-10-18/h1-12,21H,13-16H2,(H,25,26). The van der Waals surface area contributed by atoms with Crippen LogP contribution in [-0.2, 0) is 9.59 Å². The lowest BCUT2D eigenvalue weighted by Crippen LogP contribution is -3.15. The van der Waals surface area contributed by atoms with Crippen LogP contribution < -0.4 is 10.0 Å². The Labute approximate surface area is 153 Å². The first-order chi connectivity index (χ1) is 12.6. The van der Waals surface area contributed by atoms with Crippen molar-refractivity contribution in [2.24, 2.45) is 0 Å². The van der Waals surface area contributed by atoms with Gasteiger partial charge in [-0.15, -0.1) is 0 Å². The Morgan fingerprint density at radius 3 is 1.85 bits per heavy atom. The number of hydrogen-bond donors (Lipinski definition) is 1. The highest BCUT2D eigenvalue weighted by molar-refractivity contribution is 5.93. The zero-order chi connectivity index (χ0) is 18.4. The van der Waals surface area contributed by atoms with Gasteiger partial charge in [0.25, 0.3) is 0 Å². The van der Waals surface area contributed by atoms with Crippen LogP contribution in [0.2, 0.25) is 0 Å². The molecule has 5 nitrogen and oxygen atoms in total. The number of nitrogens with one attached hydrogen (secondary N) is 1. The fraction of sp³-hybridized carbons (Fsp3) is 0.238. The highest BCUT2D eigenvalue weighted by Crippen LogP contribution is 2.19. The van der Waals surface area contributed by atoms with Gasteiger partial charge >= 0.3 is 0 Å². The second kappa shape index (κ2) is 8.45. The lowest BCUT2D eigenvalue weighted by atomic mass is 9.96. The Morgan fingerprint density at radius 1 is 0.885 bits per heavy atom. The van der Waals surface area contributed by atoms with Crippen molar-refractivity contribution in [3.05, 3.63) is 83.9 Å². The van der Waals surface area contributed by atoms with Crippen molar-refractivity contribution in [2.75, 3.05) is 26.2 Å². The molecule has 1 heterocycles. The van der Waals surface area contributed by atoms with E-state index < -0.39 is 5.97 Å². The zero-order valence-corrected chi connectivity index (χ0v) is 14.5. The summed E-state index contributed by atoms with van der Waals surface area (Å²) < 4.78 is 0. The fourth-order valence-electron chi connectivity index (χ4n) is 3.50. The number of nitrogens with zero attached hydrogens (tertiary/aromatic N) is 1. The zero-order valence-electron chi connectivity index (χ0n) is 14.5. The van der Waals surface area contributed by atoms with Crippen molar-refractivity contribution in [3.63, 3.8) is 0 Å². The maximum Gasteiger partial charge on any atom is 0.247 e. The first-order valence-electron chi connectivity index (χ1n) is 8.77. The molecule has 1 amide bonds. The molecule has 1 fully saturated rings. The molecule has 0 aliphatic carbocycles. The maximum atomic E-state index is 12.1. The maximum absolute atomic E-state index is 12.1. The Hall–Kier alpha value is -2.92. The van der Waals surface area contributed by atoms with E-state index >= 15 is 0 Å². The molecule has 0 unspecified atom stereocenters. The number of carbonyl (C=O) groups is 2. The second-order valence-electron chi connectivity index (χ2n) is 6.39. The summed E-state index contributed by atoms with van der Waals surface area (Å²) in [6.07, 6.45) is 1.87. The molecule has 1 aliphatic rings. The number of benzene rings is 2. The summed E-state index contributed by atoms with van der Waals surface area (Å²) in [7, 11) is 0. The van der Waals surface area contributed by atoms with Crippen LogP contribution >= 0.6 is 0 Å². The van der Waals surface area contributed by atoms with E-state index in [2.05, 4.69) is 48.5 Å². The van der Waals surface area contributed by atoms with Crippen LogP contribution in [0.3, 0.4) is 0 Å². The van der Waals surface area contributed by atoms with E-state index in [0.717, 1.165) is 25.2 Å². The molecular weight excluding hydrogens is 328 g/mol. The first kappa shape index (κ1) is 17.9. The Morgan fingerprint density at radius 2 is 1.38 bits per heavy atom. The summed E-state index contributed by atoms with van der Waals surface area (Å²) in [6.45, 7) is 2.81. The second-order valence-corrected chi connectivity index (χ2v) is 6.39. The normalized spacial score (nSPS) is 15.5. The molecule has 2 aromatic rings. The van der Waals surface area contributed by atoms with Crippen molar-refractivity contribution in [1.82, 2.24) is 4.90 Å². The Bertz CT molecular complexity index is 727. The molecule has 0 saturated carbocycles. The van der Waals surface area contributed by atoms with Crippen molar-refractivity contribution in [2.45, 2.75) is 6.04 Å². The van der Waals surface area contributed by atoms with Gasteiger partial charge in [-0.05, 0) is 6.08 Å². The molecule has 1 aliphatic heterocycles. The highest BCUT2D eigenvalue weighted by atomic mass is 16.4. The molecule has 0 atom stereocenters. The van der Waals surface area contributed by atoms with Crippen LogP contribution in [0.5, 0.6) is 0 Å².